The van der Waals surface area contributed by atoms with E-state index < -0.39 is 45.4 Å². The molecule has 0 spiro atoms. The van der Waals surface area contributed by atoms with Gasteiger partial charge in [-0.05, 0) is 91.3 Å². The summed E-state index contributed by atoms with van der Waals surface area (Å²) in [7, 11) is -8.72. The van der Waals surface area contributed by atoms with Crippen molar-refractivity contribution in [2.24, 2.45) is 11.8 Å². The number of amides is 4. The van der Waals surface area contributed by atoms with Gasteiger partial charge in [-0.3, -0.25) is 9.59 Å². The highest BCUT2D eigenvalue weighted by Crippen LogP contribution is 3.02. The van der Waals surface area contributed by atoms with Crippen LogP contribution in [0.15, 0.2) is 83.9 Å². The van der Waals surface area contributed by atoms with Crippen LogP contribution in [0.4, 0.5) is 34.7 Å². The first-order valence-electron chi connectivity index (χ1n) is 23.5. The molecule has 15 nitrogen and oxygen atoms in total. The average molecular weight is 1030 g/mol. The van der Waals surface area contributed by atoms with E-state index in [1.54, 1.807) is 29.8 Å². The average Bonchev–Trinajstić information content (AvgIpc) is 4.19. The maximum absolute atomic E-state index is 13.9. The van der Waals surface area contributed by atoms with E-state index in [0.717, 1.165) is 35.2 Å². The minimum Gasteiger partial charge on any atom is -0.465 e. The van der Waals surface area contributed by atoms with Gasteiger partial charge in [-0.1, -0.05) is 107 Å². The Morgan fingerprint density at radius 2 is 1.21 bits per heavy atom. The fraction of sp³-hybridized carbons (Fsp3) is 0.429. The van der Waals surface area contributed by atoms with Crippen molar-refractivity contribution in [3.8, 4) is 22.5 Å². The molecule has 22 heteroatoms. The van der Waals surface area contributed by atoms with Crippen molar-refractivity contribution in [3.05, 3.63) is 107 Å². The van der Waals surface area contributed by atoms with Gasteiger partial charge in [-0.15, -0.1) is 0 Å². The van der Waals surface area contributed by atoms with Gasteiger partial charge < -0.3 is 45.1 Å². The summed E-state index contributed by atoms with van der Waals surface area (Å²) in [6, 6.07) is 14.8. The number of nitrogens with zero attached hydrogens (tertiary/aromatic N) is 5. The lowest BCUT2D eigenvalue weighted by atomic mass is 10.0. The number of ether oxygens (including phenoxy) is 1. The fourth-order valence-electron chi connectivity index (χ4n) is 10.2. The number of benzene rings is 3. The molecule has 0 bridgehead atoms. The van der Waals surface area contributed by atoms with Crippen molar-refractivity contribution < 1.29 is 48.5 Å². The van der Waals surface area contributed by atoms with E-state index in [-0.39, 0.29) is 46.9 Å². The Morgan fingerprint density at radius 3 is 1.70 bits per heavy atom. The number of carbonyl (C=O) groups is 4. The largest absolute Gasteiger partial charge is 0.465 e. The normalized spacial score (nSPS) is 21.3. The third-order valence-corrected chi connectivity index (χ3v) is 15.2. The van der Waals surface area contributed by atoms with E-state index in [4.69, 9.17) is 16.3 Å². The molecule has 8 rings (SSSR count). The second-order valence-corrected chi connectivity index (χ2v) is 21.9. The lowest BCUT2D eigenvalue weighted by Gasteiger charge is -2.41. The number of nitrogens with one attached hydrogen (secondary N) is 4. The molecule has 0 unspecified atom stereocenters. The number of hydrogen-bond donors (Lipinski definition) is 5. The number of alkyl carbamates (subject to hydrolysis) is 1. The Balaban J connectivity index is 1.04. The van der Waals surface area contributed by atoms with Crippen LogP contribution in [0.1, 0.15) is 113 Å². The van der Waals surface area contributed by atoms with E-state index in [1.807, 2.05) is 67.3 Å². The number of imidazole rings is 2. The molecule has 5 N–H and O–H groups in total. The van der Waals surface area contributed by atoms with Crippen molar-refractivity contribution in [1.82, 2.24) is 40.4 Å². The number of aromatic nitrogens is 4. The minimum atomic E-state index is -9.96. The van der Waals surface area contributed by atoms with Crippen LogP contribution in [0.5, 0.6) is 0 Å². The Morgan fingerprint density at radius 1 is 0.704 bits per heavy atom. The molecule has 71 heavy (non-hydrogen) atoms. The zero-order valence-corrected chi connectivity index (χ0v) is 41.3. The first-order valence-corrected chi connectivity index (χ1v) is 25.8. The second-order valence-electron chi connectivity index (χ2n) is 19.1. The molecule has 5 heterocycles. The van der Waals surface area contributed by atoms with Crippen LogP contribution >= 0.6 is 21.8 Å². The number of aromatic amines is 2. The number of anilines is 1. The number of H-pyrrole nitrogens is 2. The highest BCUT2D eigenvalue weighted by atomic mass is 35.5. The molecule has 3 fully saturated rings. The number of methoxy groups -OCH3 is 1. The highest BCUT2D eigenvalue weighted by Gasteiger charge is 2.65. The Kier molecular flexibility index (Phi) is 13.7. The van der Waals surface area contributed by atoms with Crippen molar-refractivity contribution in [3.63, 3.8) is 0 Å². The first-order chi connectivity index (χ1) is 33.4. The standard InChI is InChI=1S/C49H57ClF5N9O6S/c1-27(2)40(59-48(67)68)46(65)63-25-7-9-39(63)45-58-42(43(50)61-45)32-16-14-31(15-17-32)37-23-22-36(64(37)33-18-20-34(21-19-33)71(51,52,53,54)55)30-12-10-29(11-13-30)35-26-56-44(57-35)38-8-6-24-62(38)47(66)41(28(3)4)60-49(69)70-5/h10-21,26-28,36-41,59H,6-9,22-25H2,1-5H3,(H,56,57)(H,58,61)(H,60,69)(H,67,68)/t36-,37-,38+,39+,40+,41+/m1/s1. The van der Waals surface area contributed by atoms with E-state index >= 15 is 0 Å². The van der Waals surface area contributed by atoms with Crippen molar-refractivity contribution >= 4 is 51.5 Å². The molecule has 6 atom stereocenters. The van der Waals surface area contributed by atoms with E-state index in [0.29, 0.717) is 91.6 Å². The number of halogens is 6. The number of likely N-dealkylation sites (tertiary alicyclic amines) is 2. The van der Waals surface area contributed by atoms with Crippen LogP contribution in [0.3, 0.4) is 0 Å². The van der Waals surface area contributed by atoms with Crippen LogP contribution in [0.2, 0.25) is 5.15 Å². The molecule has 382 valence electrons. The quantitative estimate of drug-likeness (QED) is 0.0674. The SMILES string of the molecule is COC(=O)N[C@H](C(=O)N1CCC[C@H]1c1ncc(-c2ccc([C@H]3CC[C@H](c4ccc(-c5[nH]c([C@@H]6CCCN6C(=O)[C@@H](NC(=O)O)C(C)C)nc5Cl)cc4)N3c3ccc(S(F)(F)(F)(F)F)cc3)cc2)[nH]1)C(C)C. The van der Waals surface area contributed by atoms with Crippen molar-refractivity contribution in [2.75, 3.05) is 25.1 Å². The van der Waals surface area contributed by atoms with Gasteiger partial charge in [0.15, 0.2) is 5.15 Å². The number of rotatable bonds is 14. The summed E-state index contributed by atoms with van der Waals surface area (Å²) in [6.45, 7) is 8.11. The highest BCUT2D eigenvalue weighted by molar-refractivity contribution is 8.45. The predicted octanol–water partition coefficient (Wildman–Crippen LogP) is 11.9. The van der Waals surface area contributed by atoms with Crippen LogP contribution in [0, 0.1) is 11.8 Å². The summed E-state index contributed by atoms with van der Waals surface area (Å²) in [6.07, 6.45) is 3.51. The molecule has 0 aliphatic carbocycles. The van der Waals surface area contributed by atoms with Gasteiger partial charge in [0.2, 0.25) is 11.8 Å². The van der Waals surface area contributed by atoms with Gasteiger partial charge in [0, 0.05) is 24.3 Å². The monoisotopic (exact) mass is 1030 g/mol. The maximum atomic E-state index is 13.9. The summed E-state index contributed by atoms with van der Waals surface area (Å²) >= 11 is 6.71. The summed E-state index contributed by atoms with van der Waals surface area (Å²) in [4.78, 5) is 70.0. The van der Waals surface area contributed by atoms with Gasteiger partial charge in [-0.2, -0.15) is 0 Å². The van der Waals surface area contributed by atoms with Crippen LogP contribution in [-0.4, -0.2) is 91.1 Å². The topological polar surface area (TPSA) is 189 Å². The maximum Gasteiger partial charge on any atom is 0.407 e. The molecule has 3 aromatic carbocycles. The molecular weight excluding hydrogens is 973 g/mol. The minimum absolute atomic E-state index is 0.165. The number of carboxylic acid groups (broad SMARTS) is 1. The second kappa shape index (κ2) is 19.0. The van der Waals surface area contributed by atoms with E-state index in [1.165, 1.54) is 7.11 Å². The summed E-state index contributed by atoms with van der Waals surface area (Å²) in [5.41, 5.74) is 4.61. The number of hydrogen-bond acceptors (Lipinski definition) is 8. The Hall–Kier alpha value is -6.35. The molecule has 2 aromatic heterocycles. The lowest BCUT2D eigenvalue weighted by molar-refractivity contribution is -0.136. The van der Waals surface area contributed by atoms with Crippen molar-refractivity contribution in [1.29, 1.82) is 0 Å². The van der Waals surface area contributed by atoms with Crippen molar-refractivity contribution in [2.45, 2.75) is 107 Å². The summed E-state index contributed by atoms with van der Waals surface area (Å²) < 4.78 is 74.3. The first kappa shape index (κ1) is 51.0. The molecule has 0 saturated carbocycles. The van der Waals surface area contributed by atoms with Gasteiger partial charge in [0.05, 0.1) is 48.9 Å². The van der Waals surface area contributed by atoms with Gasteiger partial charge in [0.1, 0.15) is 28.6 Å². The van der Waals surface area contributed by atoms with Gasteiger partial charge in [-0.25, -0.2) is 19.6 Å². The molecular formula is C49H57ClF5N9O6S. The van der Waals surface area contributed by atoms with Gasteiger partial charge in [0.25, 0.3) is 0 Å². The van der Waals surface area contributed by atoms with Gasteiger partial charge >= 0.3 is 22.4 Å². The zero-order valence-electron chi connectivity index (χ0n) is 39.7. The zero-order chi connectivity index (χ0) is 51.2. The van der Waals surface area contributed by atoms with E-state index in [9.17, 15) is 43.7 Å². The molecule has 4 amide bonds. The smallest absolute Gasteiger partial charge is 0.407 e. The molecule has 3 saturated heterocycles. The molecule has 3 aliphatic rings. The summed E-state index contributed by atoms with van der Waals surface area (Å²) in [5, 5.41) is 14.5. The third-order valence-electron chi connectivity index (χ3n) is 13.7. The van der Waals surface area contributed by atoms with Crippen LogP contribution in [0.25, 0.3) is 22.5 Å². The molecule has 0 radical (unpaired) electrons. The van der Waals surface area contributed by atoms with Crippen LogP contribution in [-0.2, 0) is 14.3 Å². The van der Waals surface area contributed by atoms with E-state index in [2.05, 4.69) is 30.6 Å². The Labute approximate surface area is 412 Å². The molecule has 3 aliphatic heterocycles. The van der Waals surface area contributed by atoms with Crippen LogP contribution < -0.4 is 15.5 Å². The molecule has 5 aromatic rings. The summed E-state index contributed by atoms with van der Waals surface area (Å²) in [5.74, 6) is -0.0373. The fourth-order valence-corrected chi connectivity index (χ4v) is 11.1. The third kappa shape index (κ3) is 10.8. The Bertz CT molecular complexity index is 2780. The number of carbonyl (C=O) groups excluding carboxylic acids is 3. The lowest BCUT2D eigenvalue weighted by Crippen LogP contribution is -2.51. The predicted molar refractivity (Wildman–Crippen MR) is 259 cm³/mol.